The van der Waals surface area contributed by atoms with Crippen LogP contribution in [0.15, 0.2) is 30.3 Å². The van der Waals surface area contributed by atoms with Gasteiger partial charge in [0.2, 0.25) is 0 Å². The third kappa shape index (κ3) is 5.30. The number of carbonyl (C=O) groups is 4. The van der Waals surface area contributed by atoms with Gasteiger partial charge < -0.3 is 14.3 Å². The fraction of sp³-hybridized carbons (Fsp3) is 0.444. The monoisotopic (exact) mass is 363 g/mol. The largest absolute Gasteiger partial charge is 0.508 e. The van der Waals surface area contributed by atoms with Gasteiger partial charge in [-0.25, -0.2) is 9.59 Å². The fourth-order valence-electron chi connectivity index (χ4n) is 2.23. The summed E-state index contributed by atoms with van der Waals surface area (Å²) < 4.78 is 10.1. The summed E-state index contributed by atoms with van der Waals surface area (Å²) in [5, 5.41) is 0.464. The van der Waals surface area contributed by atoms with Crippen molar-refractivity contribution in [2.24, 2.45) is 0 Å². The van der Waals surface area contributed by atoms with Crippen LogP contribution in [-0.4, -0.2) is 41.2 Å². The molecule has 1 saturated heterocycles. The predicted octanol–water partition coefficient (Wildman–Crippen LogP) is 2.33. The molecule has 0 aliphatic carbocycles. The molecule has 1 fully saturated rings. The van der Waals surface area contributed by atoms with Gasteiger partial charge in [-0.05, 0) is 26.3 Å². The summed E-state index contributed by atoms with van der Waals surface area (Å²) >= 11 is 0. The molecular formula is C18H21NO7. The Balaban J connectivity index is 2.09. The van der Waals surface area contributed by atoms with Crippen LogP contribution in [0.5, 0.6) is 0 Å². The molecule has 0 radical (unpaired) electrons. The minimum atomic E-state index is -1.01. The Kier molecular flexibility index (Phi) is 5.97. The van der Waals surface area contributed by atoms with Gasteiger partial charge in [-0.2, -0.15) is 0 Å². The smallest absolute Gasteiger partial charge is 0.433 e. The molecule has 1 heterocycles. The van der Waals surface area contributed by atoms with Gasteiger partial charge in [0.15, 0.2) is 0 Å². The standard InChI is InChI=1S/C18H21NO7/c1-18(2,3)25-17(23)24-11-13(12-7-5-4-6-8-12)16(22)26-19-14(20)9-10-15(19)21/h4-8,13H,9-11H2,1-3H3/t13-/m0/s1. The molecule has 0 bridgehead atoms. The number of hydrogen-bond acceptors (Lipinski definition) is 7. The Hall–Kier alpha value is -2.90. The molecule has 2 rings (SSSR count). The Labute approximate surface area is 151 Å². The normalized spacial score (nSPS) is 15.6. The van der Waals surface area contributed by atoms with Gasteiger partial charge in [0.25, 0.3) is 11.8 Å². The first-order chi connectivity index (χ1) is 12.2. The highest BCUT2D eigenvalue weighted by Crippen LogP contribution is 2.21. The van der Waals surface area contributed by atoms with Crippen LogP contribution in [0.2, 0.25) is 0 Å². The first-order valence-corrected chi connectivity index (χ1v) is 8.15. The van der Waals surface area contributed by atoms with E-state index in [1.807, 2.05) is 0 Å². The predicted molar refractivity (Wildman–Crippen MR) is 88.5 cm³/mol. The summed E-state index contributed by atoms with van der Waals surface area (Å²) in [5.74, 6) is -3.04. The third-order valence-corrected chi connectivity index (χ3v) is 3.43. The van der Waals surface area contributed by atoms with E-state index in [0.717, 1.165) is 0 Å². The van der Waals surface area contributed by atoms with Crippen LogP contribution in [0.4, 0.5) is 4.79 Å². The van der Waals surface area contributed by atoms with Crippen LogP contribution in [-0.2, 0) is 28.7 Å². The van der Waals surface area contributed by atoms with Gasteiger partial charge in [-0.3, -0.25) is 9.59 Å². The van der Waals surface area contributed by atoms with Crippen molar-refractivity contribution in [3.8, 4) is 0 Å². The van der Waals surface area contributed by atoms with Crippen molar-refractivity contribution in [2.45, 2.75) is 45.1 Å². The van der Waals surface area contributed by atoms with Crippen LogP contribution < -0.4 is 0 Å². The second kappa shape index (κ2) is 7.99. The maximum absolute atomic E-state index is 12.5. The third-order valence-electron chi connectivity index (χ3n) is 3.43. The molecule has 1 aliphatic heterocycles. The number of amides is 2. The van der Waals surface area contributed by atoms with E-state index >= 15 is 0 Å². The molecule has 8 heteroatoms. The van der Waals surface area contributed by atoms with Crippen molar-refractivity contribution in [3.63, 3.8) is 0 Å². The number of hydroxylamine groups is 2. The molecule has 0 aromatic heterocycles. The van der Waals surface area contributed by atoms with Crippen LogP contribution >= 0.6 is 0 Å². The first kappa shape index (κ1) is 19.4. The van der Waals surface area contributed by atoms with Crippen molar-refractivity contribution in [3.05, 3.63) is 35.9 Å². The summed E-state index contributed by atoms with van der Waals surface area (Å²) in [6.45, 7) is 4.69. The molecule has 0 spiro atoms. The van der Waals surface area contributed by atoms with Crippen molar-refractivity contribution in [1.82, 2.24) is 5.06 Å². The lowest BCUT2D eigenvalue weighted by Gasteiger charge is -2.21. The molecule has 0 N–H and O–H groups in total. The Bertz CT molecular complexity index is 677. The topological polar surface area (TPSA) is 99.2 Å². The zero-order valence-electron chi connectivity index (χ0n) is 14.9. The molecule has 2 amide bonds. The SMILES string of the molecule is CC(C)(C)OC(=O)OC[C@H](C(=O)ON1C(=O)CCC1=O)c1ccccc1. The molecule has 1 aromatic rings. The Morgan fingerprint density at radius 1 is 1.08 bits per heavy atom. The number of carbonyl (C=O) groups excluding carboxylic acids is 4. The highest BCUT2D eigenvalue weighted by molar-refractivity contribution is 6.01. The number of ether oxygens (including phenoxy) is 2. The molecule has 8 nitrogen and oxygen atoms in total. The van der Waals surface area contributed by atoms with Gasteiger partial charge >= 0.3 is 12.1 Å². The van der Waals surface area contributed by atoms with E-state index in [-0.39, 0.29) is 19.4 Å². The van der Waals surface area contributed by atoms with E-state index in [1.54, 1.807) is 51.1 Å². The second-order valence-corrected chi connectivity index (χ2v) is 6.73. The molecule has 26 heavy (non-hydrogen) atoms. The van der Waals surface area contributed by atoms with E-state index < -0.39 is 35.5 Å². The highest BCUT2D eigenvalue weighted by Gasteiger charge is 2.36. The van der Waals surface area contributed by atoms with E-state index in [1.165, 1.54) is 0 Å². The highest BCUT2D eigenvalue weighted by atomic mass is 16.7. The lowest BCUT2D eigenvalue weighted by Crippen LogP contribution is -2.35. The van der Waals surface area contributed by atoms with Crippen LogP contribution in [0, 0.1) is 0 Å². The summed E-state index contributed by atoms with van der Waals surface area (Å²) in [7, 11) is 0. The fourth-order valence-corrected chi connectivity index (χ4v) is 2.23. The number of hydrogen-bond donors (Lipinski definition) is 0. The zero-order valence-corrected chi connectivity index (χ0v) is 14.9. The molecule has 0 saturated carbocycles. The second-order valence-electron chi connectivity index (χ2n) is 6.73. The van der Waals surface area contributed by atoms with Gasteiger partial charge in [0.1, 0.15) is 18.1 Å². The van der Waals surface area contributed by atoms with Crippen molar-refractivity contribution >= 4 is 23.9 Å². The van der Waals surface area contributed by atoms with Crippen LogP contribution in [0.1, 0.15) is 45.1 Å². The zero-order chi connectivity index (χ0) is 19.3. The van der Waals surface area contributed by atoms with Crippen molar-refractivity contribution in [1.29, 1.82) is 0 Å². The lowest BCUT2D eigenvalue weighted by molar-refractivity contribution is -0.199. The Morgan fingerprint density at radius 2 is 1.65 bits per heavy atom. The minimum absolute atomic E-state index is 0.00345. The van der Waals surface area contributed by atoms with Crippen LogP contribution in [0.25, 0.3) is 0 Å². The summed E-state index contributed by atoms with van der Waals surface area (Å²) in [6, 6.07) is 8.47. The summed E-state index contributed by atoms with van der Waals surface area (Å²) in [4.78, 5) is 52.4. The van der Waals surface area contributed by atoms with Gasteiger partial charge in [0.05, 0.1) is 0 Å². The van der Waals surface area contributed by atoms with E-state index in [9.17, 15) is 19.2 Å². The molecule has 140 valence electrons. The molecule has 1 aliphatic rings. The Morgan fingerprint density at radius 3 is 2.19 bits per heavy atom. The average Bonchev–Trinajstić information content (AvgIpc) is 2.86. The lowest BCUT2D eigenvalue weighted by atomic mass is 10.0. The molecule has 1 aromatic carbocycles. The van der Waals surface area contributed by atoms with Crippen molar-refractivity contribution < 1.29 is 33.5 Å². The van der Waals surface area contributed by atoms with Crippen LogP contribution in [0.3, 0.4) is 0 Å². The minimum Gasteiger partial charge on any atom is -0.433 e. The molecule has 0 unspecified atom stereocenters. The number of imide groups is 1. The van der Waals surface area contributed by atoms with Crippen molar-refractivity contribution in [2.75, 3.05) is 6.61 Å². The maximum atomic E-state index is 12.5. The molecule has 1 atom stereocenters. The number of benzene rings is 1. The van der Waals surface area contributed by atoms with Gasteiger partial charge in [-0.15, -0.1) is 5.06 Å². The quantitative estimate of drug-likeness (QED) is 0.585. The van der Waals surface area contributed by atoms with Gasteiger partial charge in [0, 0.05) is 12.8 Å². The summed E-state index contributed by atoms with van der Waals surface area (Å²) in [6.07, 6.45) is -0.938. The maximum Gasteiger partial charge on any atom is 0.508 e. The van der Waals surface area contributed by atoms with E-state index in [4.69, 9.17) is 14.3 Å². The summed E-state index contributed by atoms with van der Waals surface area (Å²) in [5.41, 5.74) is -0.228. The number of rotatable bonds is 5. The molecular weight excluding hydrogens is 342 g/mol. The van der Waals surface area contributed by atoms with E-state index in [0.29, 0.717) is 10.6 Å². The van der Waals surface area contributed by atoms with E-state index in [2.05, 4.69) is 0 Å². The average molecular weight is 363 g/mol. The first-order valence-electron chi connectivity index (χ1n) is 8.15. The number of nitrogens with zero attached hydrogens (tertiary/aromatic N) is 1. The van der Waals surface area contributed by atoms with Gasteiger partial charge in [-0.1, -0.05) is 30.3 Å².